The van der Waals surface area contributed by atoms with Crippen molar-refractivity contribution in [1.29, 1.82) is 0 Å². The molecule has 2 rings (SSSR count). The zero-order chi connectivity index (χ0) is 11.9. The van der Waals surface area contributed by atoms with E-state index in [1.165, 1.54) is 31.7 Å². The van der Waals surface area contributed by atoms with E-state index in [9.17, 15) is 0 Å². The van der Waals surface area contributed by atoms with Gasteiger partial charge in [0.05, 0.1) is 0 Å². The predicted molar refractivity (Wildman–Crippen MR) is 73.0 cm³/mol. The van der Waals surface area contributed by atoms with Crippen molar-refractivity contribution >= 4 is 0 Å². The molecule has 1 aliphatic rings. The first-order valence-electron chi connectivity index (χ1n) is 6.48. The molecule has 0 aromatic heterocycles. The number of nitrogens with zero attached hydrogens (tertiary/aromatic N) is 2. The molecule has 0 bridgehead atoms. The van der Waals surface area contributed by atoms with E-state index < -0.39 is 0 Å². The van der Waals surface area contributed by atoms with Gasteiger partial charge in [-0.15, -0.1) is 0 Å². The van der Waals surface area contributed by atoms with E-state index in [4.69, 9.17) is 0 Å². The van der Waals surface area contributed by atoms with Crippen LogP contribution in [0.2, 0.25) is 0 Å². The summed E-state index contributed by atoms with van der Waals surface area (Å²) < 4.78 is 0. The van der Waals surface area contributed by atoms with Crippen LogP contribution in [-0.2, 0) is 6.54 Å². The van der Waals surface area contributed by atoms with Crippen LogP contribution in [0.4, 0.5) is 0 Å². The molecule has 17 heavy (non-hydrogen) atoms. The predicted octanol–water partition coefficient (Wildman–Crippen LogP) is 2.38. The SMILES string of the molecule is CC=CCN1CCN(Cc2ccccc2)CC1. The number of benzene rings is 1. The minimum Gasteiger partial charge on any atom is -0.297 e. The monoisotopic (exact) mass is 230 g/mol. The second-order valence-electron chi connectivity index (χ2n) is 4.63. The number of hydrogen-bond donors (Lipinski definition) is 0. The third-order valence-corrected chi connectivity index (χ3v) is 3.31. The molecule has 0 N–H and O–H groups in total. The highest BCUT2D eigenvalue weighted by molar-refractivity contribution is 5.14. The molecule has 2 heteroatoms. The molecule has 1 aromatic rings. The summed E-state index contributed by atoms with van der Waals surface area (Å²) in [6.07, 6.45) is 4.38. The first kappa shape index (κ1) is 12.3. The van der Waals surface area contributed by atoms with E-state index in [1.54, 1.807) is 0 Å². The molecule has 0 amide bonds. The van der Waals surface area contributed by atoms with E-state index in [-0.39, 0.29) is 0 Å². The molecule has 0 radical (unpaired) electrons. The van der Waals surface area contributed by atoms with Crippen LogP contribution in [0.1, 0.15) is 12.5 Å². The minimum atomic E-state index is 1.10. The van der Waals surface area contributed by atoms with Crippen LogP contribution in [0.5, 0.6) is 0 Å². The van der Waals surface area contributed by atoms with Gasteiger partial charge >= 0.3 is 0 Å². The third-order valence-electron chi connectivity index (χ3n) is 3.31. The average Bonchev–Trinajstić information content (AvgIpc) is 2.39. The lowest BCUT2D eigenvalue weighted by Gasteiger charge is -2.34. The molecule has 1 aromatic carbocycles. The molecule has 92 valence electrons. The largest absolute Gasteiger partial charge is 0.297 e. The van der Waals surface area contributed by atoms with Gasteiger partial charge in [-0.05, 0) is 12.5 Å². The molecule has 0 saturated carbocycles. The first-order chi connectivity index (χ1) is 8.38. The summed E-state index contributed by atoms with van der Waals surface area (Å²) in [5.41, 5.74) is 1.43. The fourth-order valence-electron chi connectivity index (χ4n) is 2.23. The van der Waals surface area contributed by atoms with Gasteiger partial charge in [0.25, 0.3) is 0 Å². The van der Waals surface area contributed by atoms with Gasteiger partial charge in [0.1, 0.15) is 0 Å². The maximum atomic E-state index is 2.54. The highest BCUT2D eigenvalue weighted by Crippen LogP contribution is 2.08. The van der Waals surface area contributed by atoms with Gasteiger partial charge in [0.15, 0.2) is 0 Å². The van der Waals surface area contributed by atoms with Crippen LogP contribution in [0.25, 0.3) is 0 Å². The van der Waals surface area contributed by atoms with Gasteiger partial charge in [0.2, 0.25) is 0 Å². The minimum absolute atomic E-state index is 1.10. The zero-order valence-electron chi connectivity index (χ0n) is 10.7. The third kappa shape index (κ3) is 3.99. The summed E-state index contributed by atoms with van der Waals surface area (Å²) >= 11 is 0. The fourth-order valence-corrected chi connectivity index (χ4v) is 2.23. The van der Waals surface area contributed by atoms with E-state index in [0.29, 0.717) is 0 Å². The molecule has 1 fully saturated rings. The van der Waals surface area contributed by atoms with Gasteiger partial charge in [-0.25, -0.2) is 0 Å². The standard InChI is InChI=1S/C15H22N2/c1-2-3-9-16-10-12-17(13-11-16)14-15-7-5-4-6-8-15/h2-8H,9-14H2,1H3. The Bertz CT molecular complexity index is 337. The van der Waals surface area contributed by atoms with Crippen LogP contribution < -0.4 is 0 Å². The van der Waals surface area contributed by atoms with Gasteiger partial charge < -0.3 is 0 Å². The fraction of sp³-hybridized carbons (Fsp3) is 0.467. The van der Waals surface area contributed by atoms with E-state index in [2.05, 4.69) is 59.2 Å². The van der Waals surface area contributed by atoms with Crippen LogP contribution in [0, 0.1) is 0 Å². The topological polar surface area (TPSA) is 6.48 Å². The molecule has 0 atom stereocenters. The summed E-state index contributed by atoms with van der Waals surface area (Å²) in [5, 5.41) is 0. The Morgan fingerprint density at radius 2 is 1.65 bits per heavy atom. The van der Waals surface area contributed by atoms with Crippen molar-refractivity contribution in [2.75, 3.05) is 32.7 Å². The smallest absolute Gasteiger partial charge is 0.0234 e. The van der Waals surface area contributed by atoms with Crippen LogP contribution >= 0.6 is 0 Å². The lowest BCUT2D eigenvalue weighted by molar-refractivity contribution is 0.137. The van der Waals surface area contributed by atoms with Gasteiger partial charge in [-0.2, -0.15) is 0 Å². The Kier molecular flexibility index (Phi) is 4.77. The molecule has 0 aliphatic carbocycles. The zero-order valence-corrected chi connectivity index (χ0v) is 10.7. The van der Waals surface area contributed by atoms with Gasteiger partial charge in [-0.3, -0.25) is 9.80 Å². The van der Waals surface area contributed by atoms with Crippen molar-refractivity contribution in [3.63, 3.8) is 0 Å². The normalized spacial score (nSPS) is 18.9. The van der Waals surface area contributed by atoms with E-state index >= 15 is 0 Å². The molecule has 1 saturated heterocycles. The number of piperazine rings is 1. The van der Waals surface area contributed by atoms with Crippen LogP contribution in [0.3, 0.4) is 0 Å². The quantitative estimate of drug-likeness (QED) is 0.733. The summed E-state index contributed by atoms with van der Waals surface area (Å²) in [6.45, 7) is 9.05. The van der Waals surface area contributed by atoms with Crippen LogP contribution in [-0.4, -0.2) is 42.5 Å². The number of hydrogen-bond acceptors (Lipinski definition) is 2. The van der Waals surface area contributed by atoms with Gasteiger partial charge in [0, 0.05) is 39.3 Å². The summed E-state index contributed by atoms with van der Waals surface area (Å²) in [5.74, 6) is 0. The molecular weight excluding hydrogens is 208 g/mol. The van der Waals surface area contributed by atoms with Crippen molar-refractivity contribution in [2.45, 2.75) is 13.5 Å². The molecule has 2 nitrogen and oxygen atoms in total. The average molecular weight is 230 g/mol. The van der Waals surface area contributed by atoms with Gasteiger partial charge in [-0.1, -0.05) is 42.5 Å². The Hall–Kier alpha value is -1.12. The molecule has 1 aliphatic heterocycles. The number of allylic oxidation sites excluding steroid dienone is 1. The van der Waals surface area contributed by atoms with Crippen molar-refractivity contribution in [1.82, 2.24) is 9.80 Å². The van der Waals surface area contributed by atoms with E-state index in [1.807, 2.05) is 0 Å². The highest BCUT2D eigenvalue weighted by Gasteiger charge is 2.15. The van der Waals surface area contributed by atoms with Crippen molar-refractivity contribution in [3.8, 4) is 0 Å². The Morgan fingerprint density at radius 1 is 1.00 bits per heavy atom. The second kappa shape index (κ2) is 6.58. The number of rotatable bonds is 4. The summed E-state index contributed by atoms with van der Waals surface area (Å²) in [4.78, 5) is 5.06. The maximum absolute atomic E-state index is 2.54. The lowest BCUT2D eigenvalue weighted by atomic mass is 10.2. The lowest BCUT2D eigenvalue weighted by Crippen LogP contribution is -2.45. The van der Waals surface area contributed by atoms with Crippen molar-refractivity contribution < 1.29 is 0 Å². The Balaban J connectivity index is 1.76. The second-order valence-corrected chi connectivity index (χ2v) is 4.63. The maximum Gasteiger partial charge on any atom is 0.0234 e. The molecule has 0 unspecified atom stereocenters. The molecule has 1 heterocycles. The summed E-state index contributed by atoms with van der Waals surface area (Å²) in [6, 6.07) is 10.8. The first-order valence-corrected chi connectivity index (χ1v) is 6.48. The Labute approximate surface area is 105 Å². The summed E-state index contributed by atoms with van der Waals surface area (Å²) in [7, 11) is 0. The molecular formula is C15H22N2. The van der Waals surface area contributed by atoms with Crippen molar-refractivity contribution in [2.24, 2.45) is 0 Å². The molecule has 0 spiro atoms. The Morgan fingerprint density at radius 3 is 2.29 bits per heavy atom. The highest BCUT2D eigenvalue weighted by atomic mass is 15.3. The van der Waals surface area contributed by atoms with E-state index in [0.717, 1.165) is 13.1 Å². The van der Waals surface area contributed by atoms with Crippen molar-refractivity contribution in [3.05, 3.63) is 48.0 Å². The van der Waals surface area contributed by atoms with Crippen LogP contribution in [0.15, 0.2) is 42.5 Å².